The first-order valence-electron chi connectivity index (χ1n) is 6.54. The lowest BCUT2D eigenvalue weighted by atomic mass is 10.0. The van der Waals surface area contributed by atoms with Crippen LogP contribution in [-0.2, 0) is 14.1 Å². The minimum absolute atomic E-state index is 0.0437. The van der Waals surface area contributed by atoms with Crippen molar-refractivity contribution in [2.45, 2.75) is 4.83 Å². The average molecular weight is 349 g/mol. The fraction of sp³-hybridized carbons (Fsp3) is 0.188. The van der Waals surface area contributed by atoms with E-state index in [9.17, 15) is 9.18 Å². The number of halogens is 2. The zero-order valence-corrected chi connectivity index (χ0v) is 13.3. The van der Waals surface area contributed by atoms with Gasteiger partial charge in [-0.1, -0.05) is 34.1 Å². The molecule has 0 saturated heterocycles. The van der Waals surface area contributed by atoms with E-state index in [1.54, 1.807) is 35.4 Å². The third-order valence-electron chi connectivity index (χ3n) is 3.75. The largest absolute Gasteiger partial charge is 0.328 e. The molecule has 0 aliphatic heterocycles. The Morgan fingerprint density at radius 2 is 1.52 bits per heavy atom. The first-order valence-corrected chi connectivity index (χ1v) is 7.45. The Kier molecular flexibility index (Phi) is 3.45. The number of aromatic nitrogens is 2. The molecule has 21 heavy (non-hydrogen) atoms. The van der Waals surface area contributed by atoms with E-state index in [-0.39, 0.29) is 16.3 Å². The lowest BCUT2D eigenvalue weighted by molar-refractivity contribution is 0.627. The topological polar surface area (TPSA) is 26.9 Å². The van der Waals surface area contributed by atoms with Gasteiger partial charge in [-0.25, -0.2) is 9.18 Å². The number of aryl methyl sites for hydroxylation is 2. The van der Waals surface area contributed by atoms with Gasteiger partial charge in [-0.15, -0.1) is 0 Å². The molecule has 3 nitrogen and oxygen atoms in total. The highest BCUT2D eigenvalue weighted by Gasteiger charge is 2.14. The van der Waals surface area contributed by atoms with Crippen molar-refractivity contribution < 1.29 is 4.39 Å². The van der Waals surface area contributed by atoms with Gasteiger partial charge in [0, 0.05) is 14.1 Å². The summed E-state index contributed by atoms with van der Waals surface area (Å²) in [4.78, 5) is 11.9. The van der Waals surface area contributed by atoms with Crippen molar-refractivity contribution in [3.63, 3.8) is 0 Å². The summed E-state index contributed by atoms with van der Waals surface area (Å²) in [5, 5.41) is 0. The van der Waals surface area contributed by atoms with Gasteiger partial charge in [0.2, 0.25) is 0 Å². The lowest BCUT2D eigenvalue weighted by Crippen LogP contribution is -2.19. The molecule has 3 rings (SSSR count). The van der Waals surface area contributed by atoms with Gasteiger partial charge in [0.25, 0.3) is 0 Å². The van der Waals surface area contributed by atoms with Crippen LogP contribution in [0.25, 0.3) is 11.0 Å². The Hall–Kier alpha value is -1.88. The van der Waals surface area contributed by atoms with Crippen LogP contribution in [0.3, 0.4) is 0 Å². The van der Waals surface area contributed by atoms with Gasteiger partial charge in [0.15, 0.2) is 0 Å². The monoisotopic (exact) mass is 348 g/mol. The van der Waals surface area contributed by atoms with Gasteiger partial charge >= 0.3 is 5.69 Å². The van der Waals surface area contributed by atoms with E-state index in [1.165, 1.54) is 12.1 Å². The normalized spacial score (nSPS) is 12.8. The average Bonchev–Trinajstić information content (AvgIpc) is 2.72. The molecule has 0 radical (unpaired) electrons. The van der Waals surface area contributed by atoms with Crippen LogP contribution in [0.2, 0.25) is 0 Å². The Bertz CT molecular complexity index is 864. The zero-order valence-electron chi connectivity index (χ0n) is 11.7. The molecule has 0 fully saturated rings. The highest BCUT2D eigenvalue weighted by atomic mass is 79.9. The maximum Gasteiger partial charge on any atom is 0.328 e. The Morgan fingerprint density at radius 3 is 2.19 bits per heavy atom. The summed E-state index contributed by atoms with van der Waals surface area (Å²) in [6.07, 6.45) is 0. The molecular formula is C16H14BrFN2O. The summed E-state index contributed by atoms with van der Waals surface area (Å²) < 4.78 is 16.3. The fourth-order valence-electron chi connectivity index (χ4n) is 2.51. The van der Waals surface area contributed by atoms with Crippen molar-refractivity contribution in [3.05, 3.63) is 69.9 Å². The first-order chi connectivity index (χ1) is 9.99. The Labute approximate surface area is 129 Å². The van der Waals surface area contributed by atoms with Crippen LogP contribution >= 0.6 is 15.9 Å². The van der Waals surface area contributed by atoms with Gasteiger partial charge in [-0.2, -0.15) is 0 Å². The maximum absolute atomic E-state index is 13.0. The number of hydrogen-bond donors (Lipinski definition) is 0. The van der Waals surface area contributed by atoms with E-state index < -0.39 is 0 Å². The SMILES string of the molecule is Cn1c(=O)n(C)c2cc(C(Br)c3ccc(F)cc3)ccc21. The molecule has 1 unspecified atom stereocenters. The number of nitrogens with zero attached hydrogens (tertiary/aromatic N) is 2. The van der Waals surface area contributed by atoms with E-state index in [0.717, 1.165) is 22.2 Å². The molecule has 5 heteroatoms. The molecule has 0 aliphatic carbocycles. The fourth-order valence-corrected chi connectivity index (χ4v) is 3.10. The molecule has 0 bridgehead atoms. The third kappa shape index (κ3) is 2.31. The first kappa shape index (κ1) is 14.1. The van der Waals surface area contributed by atoms with Gasteiger partial charge in [-0.05, 0) is 35.4 Å². The summed E-state index contributed by atoms with van der Waals surface area (Å²) in [7, 11) is 3.52. The number of alkyl halides is 1. The number of imidazole rings is 1. The van der Waals surface area contributed by atoms with Gasteiger partial charge in [0.05, 0.1) is 15.9 Å². The molecule has 0 N–H and O–H groups in total. The Balaban J connectivity index is 2.10. The van der Waals surface area contributed by atoms with Crippen molar-refractivity contribution >= 4 is 27.0 Å². The molecule has 2 aromatic carbocycles. The van der Waals surface area contributed by atoms with Gasteiger partial charge in [0.1, 0.15) is 5.82 Å². The molecule has 1 atom stereocenters. The molecular weight excluding hydrogens is 335 g/mol. The van der Waals surface area contributed by atoms with Crippen LogP contribution in [-0.4, -0.2) is 9.13 Å². The predicted octanol–water partition coefficient (Wildman–Crippen LogP) is 3.50. The summed E-state index contributed by atoms with van der Waals surface area (Å²) in [5.74, 6) is -0.251. The number of benzene rings is 2. The number of rotatable bonds is 2. The van der Waals surface area contributed by atoms with E-state index in [4.69, 9.17) is 0 Å². The van der Waals surface area contributed by atoms with Crippen molar-refractivity contribution in [3.8, 4) is 0 Å². The lowest BCUT2D eigenvalue weighted by Gasteiger charge is -2.11. The second kappa shape index (κ2) is 5.15. The highest BCUT2D eigenvalue weighted by molar-refractivity contribution is 9.09. The molecule has 0 amide bonds. The molecule has 0 aliphatic rings. The van der Waals surface area contributed by atoms with Crippen molar-refractivity contribution in [1.29, 1.82) is 0 Å². The van der Waals surface area contributed by atoms with Crippen molar-refractivity contribution in [2.24, 2.45) is 14.1 Å². The van der Waals surface area contributed by atoms with E-state index in [2.05, 4.69) is 15.9 Å². The second-order valence-electron chi connectivity index (χ2n) is 5.06. The summed E-state index contributed by atoms with van der Waals surface area (Å²) >= 11 is 3.64. The number of fused-ring (bicyclic) bond motifs is 1. The third-order valence-corrected chi connectivity index (χ3v) is 4.81. The molecule has 0 spiro atoms. The predicted molar refractivity (Wildman–Crippen MR) is 85.3 cm³/mol. The van der Waals surface area contributed by atoms with Crippen LogP contribution in [0.1, 0.15) is 16.0 Å². The van der Waals surface area contributed by atoms with Gasteiger partial charge in [-0.3, -0.25) is 9.13 Å². The second-order valence-corrected chi connectivity index (χ2v) is 5.98. The zero-order chi connectivity index (χ0) is 15.1. The van der Waals surface area contributed by atoms with E-state index in [0.29, 0.717) is 0 Å². The summed E-state index contributed by atoms with van der Waals surface area (Å²) in [6.45, 7) is 0. The van der Waals surface area contributed by atoms with Gasteiger partial charge < -0.3 is 0 Å². The highest BCUT2D eigenvalue weighted by Crippen LogP contribution is 2.32. The van der Waals surface area contributed by atoms with Crippen molar-refractivity contribution in [2.75, 3.05) is 0 Å². The smallest absolute Gasteiger partial charge is 0.295 e. The van der Waals surface area contributed by atoms with Crippen LogP contribution < -0.4 is 5.69 Å². The minimum Gasteiger partial charge on any atom is -0.295 e. The summed E-state index contributed by atoms with van der Waals surface area (Å²) in [5.41, 5.74) is 3.72. The molecule has 1 aromatic heterocycles. The van der Waals surface area contributed by atoms with E-state index >= 15 is 0 Å². The van der Waals surface area contributed by atoms with Crippen LogP contribution in [0.5, 0.6) is 0 Å². The Morgan fingerprint density at radius 1 is 0.952 bits per heavy atom. The summed E-state index contributed by atoms with van der Waals surface area (Å²) in [6, 6.07) is 12.3. The number of hydrogen-bond acceptors (Lipinski definition) is 1. The molecule has 1 heterocycles. The molecule has 0 saturated carbocycles. The standard InChI is InChI=1S/C16H14BrFN2O/c1-19-13-8-5-11(9-14(13)20(2)16(19)21)15(17)10-3-6-12(18)7-4-10/h3-9,15H,1-2H3. The van der Waals surface area contributed by atoms with Crippen LogP contribution in [0.4, 0.5) is 4.39 Å². The van der Waals surface area contributed by atoms with Crippen LogP contribution in [0, 0.1) is 5.82 Å². The van der Waals surface area contributed by atoms with Crippen LogP contribution in [0.15, 0.2) is 47.3 Å². The molecule has 3 aromatic rings. The molecule has 108 valence electrons. The quantitative estimate of drug-likeness (QED) is 0.651. The van der Waals surface area contributed by atoms with E-state index in [1.807, 2.05) is 18.2 Å². The van der Waals surface area contributed by atoms with Crippen molar-refractivity contribution in [1.82, 2.24) is 9.13 Å². The maximum atomic E-state index is 13.0. The minimum atomic E-state index is -0.251.